The van der Waals surface area contributed by atoms with Crippen molar-refractivity contribution in [3.63, 3.8) is 0 Å². The van der Waals surface area contributed by atoms with Gasteiger partial charge in [-0.3, -0.25) is 4.79 Å². The molecule has 4 nitrogen and oxygen atoms in total. The summed E-state index contributed by atoms with van der Waals surface area (Å²) in [6.07, 6.45) is 2.80. The molecule has 138 valence electrons. The SMILES string of the molecule is CC(C)S(=O)(=O)c1ccc(C(=O)NC2(c3ccc(Cl)cc3)CCC2)cc1. The lowest BCUT2D eigenvalue weighted by Gasteiger charge is -2.43. The van der Waals surface area contributed by atoms with Gasteiger partial charge in [-0.25, -0.2) is 8.42 Å². The highest BCUT2D eigenvalue weighted by Crippen LogP contribution is 2.41. The van der Waals surface area contributed by atoms with Crippen LogP contribution in [0.3, 0.4) is 0 Å². The van der Waals surface area contributed by atoms with E-state index in [2.05, 4.69) is 5.32 Å². The molecule has 0 aromatic heterocycles. The summed E-state index contributed by atoms with van der Waals surface area (Å²) >= 11 is 5.96. The third-order valence-corrected chi connectivity index (χ3v) is 7.44. The first-order chi connectivity index (χ1) is 12.2. The van der Waals surface area contributed by atoms with E-state index in [-0.39, 0.29) is 16.3 Å². The normalized spacial score (nSPS) is 16.2. The van der Waals surface area contributed by atoms with E-state index in [0.717, 1.165) is 24.8 Å². The minimum Gasteiger partial charge on any atom is -0.343 e. The van der Waals surface area contributed by atoms with Crippen molar-refractivity contribution < 1.29 is 13.2 Å². The summed E-state index contributed by atoms with van der Waals surface area (Å²) in [5, 5.41) is 3.30. The van der Waals surface area contributed by atoms with Crippen LogP contribution in [-0.2, 0) is 15.4 Å². The van der Waals surface area contributed by atoms with Crippen LogP contribution in [0.1, 0.15) is 49.0 Å². The van der Waals surface area contributed by atoms with Gasteiger partial charge in [-0.2, -0.15) is 0 Å². The number of amides is 1. The summed E-state index contributed by atoms with van der Waals surface area (Å²) in [6, 6.07) is 13.7. The number of rotatable bonds is 5. The maximum Gasteiger partial charge on any atom is 0.251 e. The van der Waals surface area contributed by atoms with Gasteiger partial charge in [-0.1, -0.05) is 23.7 Å². The van der Waals surface area contributed by atoms with Gasteiger partial charge in [-0.15, -0.1) is 0 Å². The first kappa shape index (κ1) is 18.9. The summed E-state index contributed by atoms with van der Waals surface area (Å²) in [7, 11) is -3.34. The van der Waals surface area contributed by atoms with Crippen molar-refractivity contribution in [3.05, 3.63) is 64.7 Å². The summed E-state index contributed by atoms with van der Waals surface area (Å²) in [5.41, 5.74) is 1.12. The molecule has 0 unspecified atom stereocenters. The highest BCUT2D eigenvalue weighted by molar-refractivity contribution is 7.92. The maximum atomic E-state index is 12.7. The zero-order valence-corrected chi connectivity index (χ0v) is 16.4. The summed E-state index contributed by atoms with van der Waals surface area (Å²) in [5.74, 6) is -0.201. The number of hydrogen-bond donors (Lipinski definition) is 1. The Morgan fingerprint density at radius 1 is 1.04 bits per heavy atom. The van der Waals surface area contributed by atoms with Gasteiger partial charge in [0, 0.05) is 10.6 Å². The Hall–Kier alpha value is -1.85. The Balaban J connectivity index is 1.80. The van der Waals surface area contributed by atoms with Gasteiger partial charge in [0.1, 0.15) is 0 Å². The number of carbonyl (C=O) groups is 1. The fraction of sp³-hybridized carbons (Fsp3) is 0.350. The fourth-order valence-electron chi connectivity index (χ4n) is 3.14. The first-order valence-corrected chi connectivity index (χ1v) is 10.6. The van der Waals surface area contributed by atoms with Crippen molar-refractivity contribution >= 4 is 27.3 Å². The van der Waals surface area contributed by atoms with Gasteiger partial charge in [0.25, 0.3) is 5.91 Å². The average Bonchev–Trinajstić information content (AvgIpc) is 2.59. The second-order valence-electron chi connectivity index (χ2n) is 7.01. The van der Waals surface area contributed by atoms with Crippen LogP contribution in [0, 0.1) is 0 Å². The Morgan fingerprint density at radius 3 is 2.08 bits per heavy atom. The maximum absolute atomic E-state index is 12.7. The zero-order chi connectivity index (χ0) is 18.9. The van der Waals surface area contributed by atoms with Gasteiger partial charge in [-0.05, 0) is 75.1 Å². The summed E-state index contributed by atoms with van der Waals surface area (Å²) < 4.78 is 24.4. The number of nitrogens with one attached hydrogen (secondary N) is 1. The van der Waals surface area contributed by atoms with E-state index in [4.69, 9.17) is 11.6 Å². The molecule has 1 amide bonds. The number of hydrogen-bond acceptors (Lipinski definition) is 3. The number of halogens is 1. The molecule has 0 aliphatic heterocycles. The summed E-state index contributed by atoms with van der Waals surface area (Å²) in [4.78, 5) is 12.9. The molecule has 3 rings (SSSR count). The standard InChI is InChI=1S/C20H22ClNO3S/c1-14(2)26(24,25)18-10-4-15(5-11-18)19(23)22-20(12-3-13-20)16-6-8-17(21)9-7-16/h4-11,14H,3,12-13H2,1-2H3,(H,22,23). The Labute approximate surface area is 159 Å². The van der Waals surface area contributed by atoms with Crippen molar-refractivity contribution in [3.8, 4) is 0 Å². The quantitative estimate of drug-likeness (QED) is 0.824. The van der Waals surface area contributed by atoms with Crippen LogP contribution < -0.4 is 5.32 Å². The third-order valence-electron chi connectivity index (χ3n) is 5.02. The molecular formula is C20H22ClNO3S. The predicted molar refractivity (Wildman–Crippen MR) is 103 cm³/mol. The highest BCUT2D eigenvalue weighted by atomic mass is 35.5. The Bertz CT molecular complexity index is 899. The van der Waals surface area contributed by atoms with Gasteiger partial charge in [0.2, 0.25) is 0 Å². The molecule has 1 aliphatic carbocycles. The lowest BCUT2D eigenvalue weighted by Crippen LogP contribution is -2.50. The molecule has 26 heavy (non-hydrogen) atoms. The van der Waals surface area contributed by atoms with Crippen molar-refractivity contribution in [2.75, 3.05) is 0 Å². The molecule has 0 spiro atoms. The van der Waals surface area contributed by atoms with E-state index in [1.54, 1.807) is 26.0 Å². The van der Waals surface area contributed by atoms with Gasteiger partial charge in [0.15, 0.2) is 9.84 Å². The van der Waals surface area contributed by atoms with Crippen molar-refractivity contribution in [2.24, 2.45) is 0 Å². The molecule has 0 bridgehead atoms. The lowest BCUT2D eigenvalue weighted by molar-refractivity contribution is 0.0823. The first-order valence-electron chi connectivity index (χ1n) is 8.67. The lowest BCUT2D eigenvalue weighted by atomic mass is 9.71. The number of sulfone groups is 1. The smallest absolute Gasteiger partial charge is 0.251 e. The van der Waals surface area contributed by atoms with Crippen LogP contribution in [0.2, 0.25) is 5.02 Å². The van der Waals surface area contributed by atoms with Crippen molar-refractivity contribution in [1.82, 2.24) is 5.32 Å². The van der Waals surface area contributed by atoms with Crippen LogP contribution in [-0.4, -0.2) is 19.6 Å². The second-order valence-corrected chi connectivity index (χ2v) is 9.96. The van der Waals surface area contributed by atoms with E-state index in [0.29, 0.717) is 10.6 Å². The van der Waals surface area contributed by atoms with E-state index in [1.165, 1.54) is 12.1 Å². The molecule has 0 radical (unpaired) electrons. The summed E-state index contributed by atoms with van der Waals surface area (Å²) in [6.45, 7) is 3.28. The number of carbonyl (C=O) groups excluding carboxylic acids is 1. The van der Waals surface area contributed by atoms with Gasteiger partial charge < -0.3 is 5.32 Å². The molecule has 1 saturated carbocycles. The third kappa shape index (κ3) is 3.51. The monoisotopic (exact) mass is 391 g/mol. The zero-order valence-electron chi connectivity index (χ0n) is 14.8. The van der Waals surface area contributed by atoms with E-state index in [9.17, 15) is 13.2 Å². The van der Waals surface area contributed by atoms with E-state index < -0.39 is 15.1 Å². The average molecular weight is 392 g/mol. The minimum atomic E-state index is -3.34. The molecule has 2 aromatic carbocycles. The fourth-order valence-corrected chi connectivity index (χ4v) is 4.33. The highest BCUT2D eigenvalue weighted by Gasteiger charge is 2.40. The molecule has 2 aromatic rings. The minimum absolute atomic E-state index is 0.201. The van der Waals surface area contributed by atoms with Gasteiger partial charge in [0.05, 0.1) is 15.7 Å². The van der Waals surface area contributed by atoms with Gasteiger partial charge >= 0.3 is 0 Å². The van der Waals surface area contributed by atoms with Crippen LogP contribution in [0.15, 0.2) is 53.4 Å². The molecule has 1 aliphatic rings. The largest absolute Gasteiger partial charge is 0.343 e. The molecule has 0 atom stereocenters. The molecule has 0 heterocycles. The number of benzene rings is 2. The van der Waals surface area contributed by atoms with Crippen molar-refractivity contribution in [2.45, 2.75) is 48.8 Å². The molecule has 1 fully saturated rings. The predicted octanol–water partition coefficient (Wildman–Crippen LogP) is 4.33. The van der Waals surface area contributed by atoms with E-state index in [1.807, 2.05) is 24.3 Å². The van der Waals surface area contributed by atoms with Crippen LogP contribution in [0.5, 0.6) is 0 Å². The Kier molecular flexibility index (Phi) is 5.13. The topological polar surface area (TPSA) is 63.2 Å². The molecule has 1 N–H and O–H groups in total. The molecule has 0 saturated heterocycles. The molecule has 6 heteroatoms. The van der Waals surface area contributed by atoms with Crippen molar-refractivity contribution in [1.29, 1.82) is 0 Å². The van der Waals surface area contributed by atoms with E-state index >= 15 is 0 Å². The van der Waals surface area contributed by atoms with Crippen LogP contribution in [0.4, 0.5) is 0 Å². The van der Waals surface area contributed by atoms with Crippen LogP contribution in [0.25, 0.3) is 0 Å². The second kappa shape index (κ2) is 7.05. The molecular weight excluding hydrogens is 370 g/mol. The van der Waals surface area contributed by atoms with Crippen LogP contribution >= 0.6 is 11.6 Å². The Morgan fingerprint density at radius 2 is 1.62 bits per heavy atom.